The lowest BCUT2D eigenvalue weighted by Gasteiger charge is -2.36. The molecule has 172 valence electrons. The van der Waals surface area contributed by atoms with Gasteiger partial charge in [-0.1, -0.05) is 37.1 Å². The van der Waals surface area contributed by atoms with Crippen molar-refractivity contribution in [3.63, 3.8) is 0 Å². The maximum absolute atomic E-state index is 12.9. The highest BCUT2D eigenvalue weighted by Crippen LogP contribution is 2.33. The second kappa shape index (κ2) is 10.9. The molecule has 2 aromatic rings. The zero-order valence-electron chi connectivity index (χ0n) is 18.9. The third-order valence-electron chi connectivity index (χ3n) is 6.42. The lowest BCUT2D eigenvalue weighted by molar-refractivity contribution is -0.128. The van der Waals surface area contributed by atoms with Crippen molar-refractivity contribution in [2.75, 3.05) is 43.9 Å². The van der Waals surface area contributed by atoms with E-state index < -0.39 is 0 Å². The summed E-state index contributed by atoms with van der Waals surface area (Å²) in [6, 6.07) is 8.10. The molecular formula is C24H33N5O2S. The molecule has 0 spiro atoms. The molecule has 1 aliphatic heterocycles. The zero-order chi connectivity index (χ0) is 22.3. The van der Waals surface area contributed by atoms with Gasteiger partial charge in [0.25, 0.3) is 0 Å². The summed E-state index contributed by atoms with van der Waals surface area (Å²) in [4.78, 5) is 17.1. The fourth-order valence-corrected chi connectivity index (χ4v) is 5.45. The van der Waals surface area contributed by atoms with Crippen molar-refractivity contribution in [3.05, 3.63) is 42.7 Å². The summed E-state index contributed by atoms with van der Waals surface area (Å²) in [5.74, 6) is 2.95. The number of thioether (sulfide) groups is 1. The van der Waals surface area contributed by atoms with E-state index in [4.69, 9.17) is 4.74 Å². The number of nitrogens with zero attached hydrogens (tertiary/aromatic N) is 5. The fraction of sp³-hybridized carbons (Fsp3) is 0.542. The van der Waals surface area contributed by atoms with Crippen LogP contribution in [0.2, 0.25) is 0 Å². The SMILES string of the molecule is C=CCn1c(SCC(=O)N2CCN(c3ccc(OC)cc3)CC2)nnc1C1CCCCC1. The quantitative estimate of drug-likeness (QED) is 0.443. The molecule has 1 amide bonds. The minimum atomic E-state index is 0.164. The van der Waals surface area contributed by atoms with Crippen LogP contribution in [-0.2, 0) is 11.3 Å². The molecule has 1 aliphatic carbocycles. The molecule has 1 aromatic carbocycles. The number of carbonyl (C=O) groups excluding carboxylic acids is 1. The molecule has 0 bridgehead atoms. The number of aromatic nitrogens is 3. The number of amides is 1. The van der Waals surface area contributed by atoms with Crippen LogP contribution in [0.1, 0.15) is 43.8 Å². The van der Waals surface area contributed by atoms with E-state index in [9.17, 15) is 4.79 Å². The van der Waals surface area contributed by atoms with Crippen LogP contribution >= 0.6 is 11.8 Å². The second-order valence-electron chi connectivity index (χ2n) is 8.43. The van der Waals surface area contributed by atoms with Crippen molar-refractivity contribution in [2.24, 2.45) is 0 Å². The van der Waals surface area contributed by atoms with Crippen LogP contribution in [0.4, 0.5) is 5.69 Å². The van der Waals surface area contributed by atoms with Crippen LogP contribution in [0, 0.1) is 0 Å². The number of benzene rings is 1. The van der Waals surface area contributed by atoms with Crippen molar-refractivity contribution in [2.45, 2.75) is 49.7 Å². The Balaban J connectivity index is 1.31. The first kappa shape index (κ1) is 22.7. The molecule has 4 rings (SSSR count). The molecule has 0 unspecified atom stereocenters. The standard InChI is InChI=1S/C24H33N5O2S/c1-3-13-29-23(19-7-5-4-6-8-19)25-26-24(29)32-18-22(30)28-16-14-27(15-17-28)20-9-11-21(31-2)12-10-20/h3,9-12,19H,1,4-8,13-18H2,2H3. The predicted molar refractivity (Wildman–Crippen MR) is 129 cm³/mol. The smallest absolute Gasteiger partial charge is 0.233 e. The number of methoxy groups -OCH3 is 1. The summed E-state index contributed by atoms with van der Waals surface area (Å²) in [7, 11) is 1.67. The average Bonchev–Trinajstić information content (AvgIpc) is 3.26. The molecule has 2 aliphatic rings. The Kier molecular flexibility index (Phi) is 7.73. The molecule has 1 aromatic heterocycles. The van der Waals surface area contributed by atoms with E-state index in [2.05, 4.69) is 38.4 Å². The van der Waals surface area contributed by atoms with Crippen molar-refractivity contribution < 1.29 is 9.53 Å². The second-order valence-corrected chi connectivity index (χ2v) is 9.37. The summed E-state index contributed by atoms with van der Waals surface area (Å²) in [5.41, 5.74) is 1.17. The van der Waals surface area contributed by atoms with Gasteiger partial charge in [0.05, 0.1) is 12.9 Å². The van der Waals surface area contributed by atoms with Gasteiger partial charge in [0.1, 0.15) is 11.6 Å². The number of hydrogen-bond acceptors (Lipinski definition) is 6. The van der Waals surface area contributed by atoms with Gasteiger partial charge in [0.15, 0.2) is 5.16 Å². The molecule has 8 heteroatoms. The average molecular weight is 456 g/mol. The molecule has 32 heavy (non-hydrogen) atoms. The first-order valence-corrected chi connectivity index (χ1v) is 12.5. The zero-order valence-corrected chi connectivity index (χ0v) is 19.7. The summed E-state index contributed by atoms with van der Waals surface area (Å²) >= 11 is 1.50. The maximum atomic E-state index is 12.9. The first-order chi connectivity index (χ1) is 15.7. The van der Waals surface area contributed by atoms with Gasteiger partial charge in [-0.05, 0) is 37.1 Å². The van der Waals surface area contributed by atoms with Crippen LogP contribution in [0.3, 0.4) is 0 Å². The number of ether oxygens (including phenoxy) is 1. The molecule has 0 atom stereocenters. The normalized spacial score (nSPS) is 17.4. The summed E-state index contributed by atoms with van der Waals surface area (Å²) < 4.78 is 7.39. The molecule has 2 heterocycles. The maximum Gasteiger partial charge on any atom is 0.233 e. The van der Waals surface area contributed by atoms with Gasteiger partial charge < -0.3 is 19.1 Å². The third kappa shape index (κ3) is 5.28. The summed E-state index contributed by atoms with van der Waals surface area (Å²) in [5, 5.41) is 9.77. The van der Waals surface area contributed by atoms with Gasteiger partial charge >= 0.3 is 0 Å². The number of hydrogen-bond donors (Lipinski definition) is 0. The highest BCUT2D eigenvalue weighted by Gasteiger charge is 2.25. The van der Waals surface area contributed by atoms with Crippen LogP contribution in [-0.4, -0.2) is 64.6 Å². The number of anilines is 1. The highest BCUT2D eigenvalue weighted by atomic mass is 32.2. The van der Waals surface area contributed by atoms with Crippen LogP contribution in [0.5, 0.6) is 5.75 Å². The van der Waals surface area contributed by atoms with Gasteiger partial charge in [-0.2, -0.15) is 0 Å². The Bertz CT molecular complexity index is 900. The third-order valence-corrected chi connectivity index (χ3v) is 7.37. The lowest BCUT2D eigenvalue weighted by Crippen LogP contribution is -2.49. The van der Waals surface area contributed by atoms with Crippen molar-refractivity contribution in [3.8, 4) is 5.75 Å². The van der Waals surface area contributed by atoms with Crippen molar-refractivity contribution in [1.29, 1.82) is 0 Å². The minimum absolute atomic E-state index is 0.164. The summed E-state index contributed by atoms with van der Waals surface area (Å²) in [6.07, 6.45) is 8.08. The highest BCUT2D eigenvalue weighted by molar-refractivity contribution is 7.99. The molecule has 1 saturated carbocycles. The Labute approximate surface area is 194 Å². The van der Waals surface area contributed by atoms with E-state index in [1.807, 2.05) is 23.1 Å². The molecule has 1 saturated heterocycles. The monoisotopic (exact) mass is 455 g/mol. The van der Waals surface area contributed by atoms with E-state index >= 15 is 0 Å². The summed E-state index contributed by atoms with van der Waals surface area (Å²) in [6.45, 7) is 7.73. The van der Waals surface area contributed by atoms with Gasteiger partial charge in [0, 0.05) is 44.3 Å². The minimum Gasteiger partial charge on any atom is -0.497 e. The Morgan fingerprint density at radius 3 is 2.50 bits per heavy atom. The molecule has 0 N–H and O–H groups in total. The number of carbonyl (C=O) groups is 1. The van der Waals surface area contributed by atoms with Gasteiger partial charge in [-0.15, -0.1) is 16.8 Å². The van der Waals surface area contributed by atoms with Gasteiger partial charge in [-0.25, -0.2) is 0 Å². The largest absolute Gasteiger partial charge is 0.497 e. The number of allylic oxidation sites excluding steroid dienone is 1. The predicted octanol–water partition coefficient (Wildman–Crippen LogP) is 3.96. The lowest BCUT2D eigenvalue weighted by atomic mass is 9.89. The number of rotatable bonds is 8. The molecule has 7 nitrogen and oxygen atoms in total. The van der Waals surface area contributed by atoms with E-state index in [0.29, 0.717) is 18.2 Å². The van der Waals surface area contributed by atoms with Crippen molar-refractivity contribution >= 4 is 23.4 Å². The topological polar surface area (TPSA) is 63.5 Å². The van der Waals surface area contributed by atoms with Crippen LogP contribution < -0.4 is 9.64 Å². The van der Waals surface area contributed by atoms with Gasteiger partial charge in [0.2, 0.25) is 5.91 Å². The van der Waals surface area contributed by atoms with Crippen LogP contribution in [0.15, 0.2) is 42.1 Å². The van der Waals surface area contributed by atoms with E-state index in [1.165, 1.54) is 49.6 Å². The Morgan fingerprint density at radius 1 is 1.12 bits per heavy atom. The first-order valence-electron chi connectivity index (χ1n) is 11.5. The van der Waals surface area contributed by atoms with Gasteiger partial charge in [-0.3, -0.25) is 4.79 Å². The van der Waals surface area contributed by atoms with Crippen LogP contribution in [0.25, 0.3) is 0 Å². The van der Waals surface area contributed by atoms with E-state index in [1.54, 1.807) is 7.11 Å². The Hall–Kier alpha value is -2.48. The Morgan fingerprint density at radius 2 is 1.84 bits per heavy atom. The molecule has 0 radical (unpaired) electrons. The molecular weight excluding hydrogens is 422 g/mol. The number of piperazine rings is 1. The van der Waals surface area contributed by atoms with Crippen molar-refractivity contribution in [1.82, 2.24) is 19.7 Å². The van der Waals surface area contributed by atoms with E-state index in [0.717, 1.165) is 42.9 Å². The fourth-order valence-electron chi connectivity index (χ4n) is 4.59. The van der Waals surface area contributed by atoms with E-state index in [-0.39, 0.29) is 5.91 Å². The molecule has 2 fully saturated rings.